The van der Waals surface area contributed by atoms with Crippen LogP contribution in [0.4, 0.5) is 4.39 Å². The number of aromatic nitrogens is 1. The molecule has 1 aromatic carbocycles. The monoisotopic (exact) mass is 262 g/mol. The number of likely N-dealkylation sites (tertiary alicyclic amines) is 1. The average Bonchev–Trinajstić information content (AvgIpc) is 2.76. The molecule has 0 unspecified atom stereocenters. The lowest BCUT2D eigenvalue weighted by Crippen LogP contribution is -2.23. The van der Waals surface area contributed by atoms with E-state index in [2.05, 4.69) is 9.88 Å². The normalized spacial score (nSPS) is 20.2. The molecule has 100 valence electrons. The number of hydrogen-bond acceptors (Lipinski definition) is 3. The van der Waals surface area contributed by atoms with Gasteiger partial charge in [-0.1, -0.05) is 0 Å². The first-order valence-electron chi connectivity index (χ1n) is 6.34. The predicted octanol–water partition coefficient (Wildman–Crippen LogP) is 1.23. The van der Waals surface area contributed by atoms with Gasteiger partial charge in [0.1, 0.15) is 5.82 Å². The summed E-state index contributed by atoms with van der Waals surface area (Å²) < 4.78 is 13.1. The number of aliphatic hydroxyl groups excluding tert-OH is 1. The summed E-state index contributed by atoms with van der Waals surface area (Å²) in [5.74, 6) is -0.409. The van der Waals surface area contributed by atoms with E-state index in [0.717, 1.165) is 18.7 Å². The molecule has 2 heterocycles. The van der Waals surface area contributed by atoms with Gasteiger partial charge in [0.05, 0.1) is 6.10 Å². The molecule has 1 atom stereocenters. The quantitative estimate of drug-likeness (QED) is 0.856. The van der Waals surface area contributed by atoms with Crippen molar-refractivity contribution in [2.75, 3.05) is 13.1 Å². The van der Waals surface area contributed by atoms with Gasteiger partial charge in [-0.2, -0.15) is 0 Å². The summed E-state index contributed by atoms with van der Waals surface area (Å²) in [6.45, 7) is 2.05. The molecule has 5 heteroatoms. The van der Waals surface area contributed by atoms with Crippen LogP contribution in [-0.4, -0.2) is 34.2 Å². The second kappa shape index (κ2) is 4.75. The minimum atomic E-state index is -0.409. The number of halogens is 1. The SMILES string of the molecule is O=c1cc(CN2CC[C@@H](O)C2)[nH]c2ccc(F)cc12. The highest BCUT2D eigenvalue weighted by atomic mass is 19.1. The fraction of sp³-hybridized carbons (Fsp3) is 0.357. The number of fused-ring (bicyclic) bond motifs is 1. The highest BCUT2D eigenvalue weighted by Crippen LogP contribution is 2.14. The Kier molecular flexibility index (Phi) is 3.08. The Morgan fingerprint density at radius 2 is 2.26 bits per heavy atom. The number of rotatable bonds is 2. The van der Waals surface area contributed by atoms with Gasteiger partial charge >= 0.3 is 0 Å². The van der Waals surface area contributed by atoms with Crippen molar-refractivity contribution in [1.82, 2.24) is 9.88 Å². The van der Waals surface area contributed by atoms with Crippen molar-refractivity contribution < 1.29 is 9.50 Å². The van der Waals surface area contributed by atoms with Crippen LogP contribution in [0, 0.1) is 5.82 Å². The average molecular weight is 262 g/mol. The van der Waals surface area contributed by atoms with Gasteiger partial charge in [0.2, 0.25) is 0 Å². The van der Waals surface area contributed by atoms with E-state index in [4.69, 9.17) is 0 Å². The van der Waals surface area contributed by atoms with Crippen molar-refractivity contribution in [3.63, 3.8) is 0 Å². The highest BCUT2D eigenvalue weighted by molar-refractivity contribution is 5.78. The van der Waals surface area contributed by atoms with E-state index in [1.807, 2.05) is 0 Å². The molecule has 4 nitrogen and oxygen atoms in total. The first-order chi connectivity index (χ1) is 9.11. The smallest absolute Gasteiger partial charge is 0.189 e. The van der Waals surface area contributed by atoms with Crippen LogP contribution in [0.2, 0.25) is 0 Å². The van der Waals surface area contributed by atoms with Crippen LogP contribution < -0.4 is 5.43 Å². The molecule has 1 aliphatic rings. The zero-order valence-electron chi connectivity index (χ0n) is 10.4. The number of pyridine rings is 1. The van der Waals surface area contributed by atoms with Crippen molar-refractivity contribution in [2.24, 2.45) is 0 Å². The standard InChI is InChI=1S/C14H15FN2O2/c15-9-1-2-13-12(5-9)14(19)6-10(16-13)7-17-4-3-11(18)8-17/h1-2,5-6,11,18H,3-4,7-8H2,(H,16,19)/t11-/m1/s1. The summed E-state index contributed by atoms with van der Waals surface area (Å²) in [5, 5.41) is 9.85. The molecule has 0 radical (unpaired) electrons. The molecule has 1 aromatic heterocycles. The molecule has 1 fully saturated rings. The molecule has 2 aromatic rings. The Bertz CT molecular complexity index is 668. The third-order valence-corrected chi connectivity index (χ3v) is 3.49. The van der Waals surface area contributed by atoms with E-state index in [0.29, 0.717) is 24.0 Å². The number of nitrogens with zero attached hydrogens (tertiary/aromatic N) is 1. The summed E-state index contributed by atoms with van der Waals surface area (Å²) in [6.07, 6.45) is 0.490. The van der Waals surface area contributed by atoms with Gasteiger partial charge < -0.3 is 10.1 Å². The van der Waals surface area contributed by atoms with Crippen molar-refractivity contribution in [3.05, 3.63) is 46.0 Å². The summed E-state index contributed by atoms with van der Waals surface area (Å²) in [6, 6.07) is 5.67. The topological polar surface area (TPSA) is 56.3 Å². The van der Waals surface area contributed by atoms with Crippen LogP contribution in [0.5, 0.6) is 0 Å². The Balaban J connectivity index is 1.93. The fourth-order valence-corrected chi connectivity index (χ4v) is 2.56. The molecule has 3 rings (SSSR count). The number of β-amino-alcohol motifs (C(OH)–C–C–N with tert-alkyl or cyclic N) is 1. The van der Waals surface area contributed by atoms with E-state index in [1.165, 1.54) is 18.2 Å². The molecule has 1 aliphatic heterocycles. The lowest BCUT2D eigenvalue weighted by Gasteiger charge is -2.15. The lowest BCUT2D eigenvalue weighted by molar-refractivity contribution is 0.174. The summed E-state index contributed by atoms with van der Waals surface area (Å²) >= 11 is 0. The minimum absolute atomic E-state index is 0.178. The van der Waals surface area contributed by atoms with Crippen LogP contribution in [0.25, 0.3) is 10.9 Å². The van der Waals surface area contributed by atoms with Gasteiger partial charge in [0, 0.05) is 42.3 Å². The van der Waals surface area contributed by atoms with Crippen LogP contribution >= 0.6 is 0 Å². The number of H-pyrrole nitrogens is 1. The molecule has 1 saturated heterocycles. The summed E-state index contributed by atoms with van der Waals surface area (Å²) in [5.41, 5.74) is 1.25. The van der Waals surface area contributed by atoms with Crippen LogP contribution in [-0.2, 0) is 6.54 Å². The first-order valence-corrected chi connectivity index (χ1v) is 6.34. The van der Waals surface area contributed by atoms with Crippen molar-refractivity contribution >= 4 is 10.9 Å². The van der Waals surface area contributed by atoms with Gasteiger partial charge in [-0.15, -0.1) is 0 Å². The Hall–Kier alpha value is -1.72. The number of benzene rings is 1. The maximum atomic E-state index is 13.1. The van der Waals surface area contributed by atoms with Crippen molar-refractivity contribution in [2.45, 2.75) is 19.1 Å². The maximum Gasteiger partial charge on any atom is 0.189 e. The molecule has 19 heavy (non-hydrogen) atoms. The van der Waals surface area contributed by atoms with E-state index in [-0.39, 0.29) is 11.5 Å². The molecule has 0 bridgehead atoms. The largest absolute Gasteiger partial charge is 0.392 e. The maximum absolute atomic E-state index is 13.1. The third-order valence-electron chi connectivity index (χ3n) is 3.49. The Morgan fingerprint density at radius 3 is 3.00 bits per heavy atom. The van der Waals surface area contributed by atoms with E-state index in [1.54, 1.807) is 6.07 Å². The lowest BCUT2D eigenvalue weighted by atomic mass is 10.2. The Morgan fingerprint density at radius 1 is 1.42 bits per heavy atom. The molecular formula is C14H15FN2O2. The first kappa shape index (κ1) is 12.3. The van der Waals surface area contributed by atoms with E-state index >= 15 is 0 Å². The van der Waals surface area contributed by atoms with Crippen LogP contribution in [0.3, 0.4) is 0 Å². The number of nitrogens with one attached hydrogen (secondary N) is 1. The minimum Gasteiger partial charge on any atom is -0.392 e. The highest BCUT2D eigenvalue weighted by Gasteiger charge is 2.20. The molecule has 0 amide bonds. The van der Waals surface area contributed by atoms with Gasteiger partial charge in [0.25, 0.3) is 0 Å². The summed E-state index contributed by atoms with van der Waals surface area (Å²) in [7, 11) is 0. The van der Waals surface area contributed by atoms with Crippen molar-refractivity contribution in [3.8, 4) is 0 Å². The zero-order chi connectivity index (χ0) is 13.4. The predicted molar refractivity (Wildman–Crippen MR) is 70.4 cm³/mol. The van der Waals surface area contributed by atoms with Gasteiger partial charge in [-0.25, -0.2) is 4.39 Å². The second-order valence-corrected chi connectivity index (χ2v) is 5.03. The number of aliphatic hydroxyl groups is 1. The van der Waals surface area contributed by atoms with Crippen LogP contribution in [0.15, 0.2) is 29.1 Å². The number of hydrogen-bond donors (Lipinski definition) is 2. The third kappa shape index (κ3) is 2.52. The van der Waals surface area contributed by atoms with Gasteiger partial charge in [-0.3, -0.25) is 9.69 Å². The molecule has 0 aliphatic carbocycles. The van der Waals surface area contributed by atoms with E-state index in [9.17, 15) is 14.3 Å². The Labute approximate surface area is 109 Å². The van der Waals surface area contributed by atoms with E-state index < -0.39 is 5.82 Å². The van der Waals surface area contributed by atoms with Crippen molar-refractivity contribution in [1.29, 1.82) is 0 Å². The molecule has 0 spiro atoms. The molecular weight excluding hydrogens is 247 g/mol. The zero-order valence-corrected chi connectivity index (χ0v) is 10.4. The summed E-state index contributed by atoms with van der Waals surface area (Å²) in [4.78, 5) is 17.2. The van der Waals surface area contributed by atoms with Gasteiger partial charge in [0.15, 0.2) is 5.43 Å². The fourth-order valence-electron chi connectivity index (χ4n) is 2.56. The second-order valence-electron chi connectivity index (χ2n) is 5.03. The molecule has 0 saturated carbocycles. The molecule has 2 N–H and O–H groups in total. The van der Waals surface area contributed by atoms with Gasteiger partial charge in [-0.05, 0) is 24.6 Å². The van der Waals surface area contributed by atoms with Crippen LogP contribution in [0.1, 0.15) is 12.1 Å². The number of aromatic amines is 1.